The molecule has 2 nitrogen and oxygen atoms in total. The summed E-state index contributed by atoms with van der Waals surface area (Å²) in [6, 6.07) is 8.32. The number of nitrogens with zero attached hydrogens (tertiary/aromatic N) is 1. The van der Waals surface area contributed by atoms with Crippen LogP contribution < -0.4 is 4.74 Å². The zero-order valence-electron chi connectivity index (χ0n) is 11.9. The zero-order valence-corrected chi connectivity index (χ0v) is 11.9. The van der Waals surface area contributed by atoms with E-state index in [1.807, 2.05) is 24.4 Å². The van der Waals surface area contributed by atoms with Crippen molar-refractivity contribution < 1.29 is 9.13 Å². The Kier molecular flexibility index (Phi) is 4.51. The lowest BCUT2D eigenvalue weighted by Crippen LogP contribution is -1.98. The second kappa shape index (κ2) is 6.33. The summed E-state index contributed by atoms with van der Waals surface area (Å²) in [7, 11) is 1.65. The van der Waals surface area contributed by atoms with Crippen molar-refractivity contribution in [1.82, 2.24) is 4.98 Å². The summed E-state index contributed by atoms with van der Waals surface area (Å²) >= 11 is 0. The maximum atomic E-state index is 12.8. The molecule has 1 heterocycles. The van der Waals surface area contributed by atoms with E-state index in [1.165, 1.54) is 12.1 Å². The van der Waals surface area contributed by atoms with Crippen LogP contribution >= 0.6 is 0 Å². The van der Waals surface area contributed by atoms with E-state index >= 15 is 0 Å². The molecule has 0 unspecified atom stereocenters. The summed E-state index contributed by atoms with van der Waals surface area (Å²) in [6.45, 7) is 4.16. The monoisotopic (exact) mass is 271 g/mol. The minimum Gasteiger partial charge on any atom is -0.495 e. The van der Waals surface area contributed by atoms with Gasteiger partial charge < -0.3 is 4.74 Å². The molecule has 0 amide bonds. The fourth-order valence-corrected chi connectivity index (χ4v) is 1.92. The Bertz CT molecular complexity index is 603. The van der Waals surface area contributed by atoms with Crippen LogP contribution in [0.2, 0.25) is 0 Å². The Labute approximate surface area is 118 Å². The largest absolute Gasteiger partial charge is 0.495 e. The second-order valence-corrected chi connectivity index (χ2v) is 4.90. The molecule has 0 N–H and O–H groups in total. The number of ether oxygens (including phenoxy) is 1. The first-order valence-electron chi connectivity index (χ1n) is 6.57. The summed E-state index contributed by atoms with van der Waals surface area (Å²) in [5.74, 6) is 0.883. The van der Waals surface area contributed by atoms with Gasteiger partial charge >= 0.3 is 0 Å². The summed E-state index contributed by atoms with van der Waals surface area (Å²) in [6.07, 6.45) is 5.68. The van der Waals surface area contributed by atoms with Gasteiger partial charge in [-0.15, -0.1) is 0 Å². The Morgan fingerprint density at radius 3 is 2.35 bits per heavy atom. The predicted octanol–water partition coefficient (Wildman–Crippen LogP) is 4.52. The molecule has 20 heavy (non-hydrogen) atoms. The van der Waals surface area contributed by atoms with Crippen LogP contribution in [0.3, 0.4) is 0 Å². The van der Waals surface area contributed by atoms with E-state index in [-0.39, 0.29) is 5.82 Å². The highest BCUT2D eigenvalue weighted by atomic mass is 19.1. The number of aromatic nitrogens is 1. The first kappa shape index (κ1) is 14.3. The van der Waals surface area contributed by atoms with Crippen LogP contribution in [0.25, 0.3) is 12.2 Å². The lowest BCUT2D eigenvalue weighted by Gasteiger charge is -2.10. The average molecular weight is 271 g/mol. The van der Waals surface area contributed by atoms with Crippen LogP contribution in [-0.4, -0.2) is 12.1 Å². The van der Waals surface area contributed by atoms with Crippen molar-refractivity contribution in [2.24, 2.45) is 0 Å². The van der Waals surface area contributed by atoms with Gasteiger partial charge in [-0.1, -0.05) is 38.1 Å². The molecule has 1 aromatic carbocycles. The average Bonchev–Trinajstić information content (AvgIpc) is 2.46. The second-order valence-electron chi connectivity index (χ2n) is 4.90. The molecular formula is C17H18FNO. The molecule has 2 rings (SSSR count). The first-order chi connectivity index (χ1) is 9.60. The van der Waals surface area contributed by atoms with Crippen LogP contribution in [0.4, 0.5) is 4.39 Å². The molecule has 0 bridgehead atoms. The van der Waals surface area contributed by atoms with E-state index in [0.29, 0.717) is 5.92 Å². The Morgan fingerprint density at radius 2 is 1.75 bits per heavy atom. The SMILES string of the molecule is COc1cc(/C=C/c2ccc(F)cc2)cnc1C(C)C. The van der Waals surface area contributed by atoms with Crippen molar-refractivity contribution in [2.45, 2.75) is 19.8 Å². The lowest BCUT2D eigenvalue weighted by molar-refractivity contribution is 0.404. The summed E-state index contributed by atoms with van der Waals surface area (Å²) in [5, 5.41) is 0. The van der Waals surface area contributed by atoms with Crippen molar-refractivity contribution in [3.63, 3.8) is 0 Å². The third-order valence-corrected chi connectivity index (χ3v) is 3.01. The van der Waals surface area contributed by atoms with E-state index in [4.69, 9.17) is 4.74 Å². The maximum Gasteiger partial charge on any atom is 0.141 e. The molecular weight excluding hydrogens is 253 g/mol. The number of rotatable bonds is 4. The van der Waals surface area contributed by atoms with Crippen LogP contribution in [0.15, 0.2) is 36.5 Å². The number of hydrogen-bond donors (Lipinski definition) is 0. The van der Waals surface area contributed by atoms with E-state index < -0.39 is 0 Å². The molecule has 0 aliphatic carbocycles. The first-order valence-corrected chi connectivity index (χ1v) is 6.57. The third-order valence-electron chi connectivity index (χ3n) is 3.01. The Hall–Kier alpha value is -2.16. The highest BCUT2D eigenvalue weighted by molar-refractivity contribution is 5.69. The lowest BCUT2D eigenvalue weighted by atomic mass is 10.1. The summed E-state index contributed by atoms with van der Waals surface area (Å²) < 4.78 is 18.2. The molecule has 0 fully saturated rings. The molecule has 3 heteroatoms. The van der Waals surface area contributed by atoms with Gasteiger partial charge in [-0.05, 0) is 35.2 Å². The summed E-state index contributed by atoms with van der Waals surface area (Å²) in [4.78, 5) is 4.44. The van der Waals surface area contributed by atoms with Gasteiger partial charge in [-0.2, -0.15) is 0 Å². The van der Waals surface area contributed by atoms with Gasteiger partial charge in [0.25, 0.3) is 0 Å². The minimum absolute atomic E-state index is 0.230. The summed E-state index contributed by atoms with van der Waals surface area (Å²) in [5.41, 5.74) is 2.85. The number of hydrogen-bond acceptors (Lipinski definition) is 2. The number of pyridine rings is 1. The van der Waals surface area contributed by atoms with Crippen molar-refractivity contribution in [3.05, 3.63) is 59.2 Å². The molecule has 0 atom stereocenters. The molecule has 104 valence electrons. The van der Waals surface area contributed by atoms with E-state index in [9.17, 15) is 4.39 Å². The molecule has 0 radical (unpaired) electrons. The topological polar surface area (TPSA) is 22.1 Å². The molecule has 0 spiro atoms. The fraction of sp³-hybridized carbons (Fsp3) is 0.235. The van der Waals surface area contributed by atoms with Crippen molar-refractivity contribution in [1.29, 1.82) is 0 Å². The number of methoxy groups -OCH3 is 1. The molecule has 0 aliphatic rings. The smallest absolute Gasteiger partial charge is 0.141 e. The predicted molar refractivity (Wildman–Crippen MR) is 80.2 cm³/mol. The van der Waals surface area contributed by atoms with Gasteiger partial charge in [0, 0.05) is 6.20 Å². The van der Waals surface area contributed by atoms with Gasteiger partial charge in [0.1, 0.15) is 11.6 Å². The normalized spacial score (nSPS) is 11.2. The van der Waals surface area contributed by atoms with Crippen molar-refractivity contribution >= 4 is 12.2 Å². The number of halogens is 1. The van der Waals surface area contributed by atoms with Gasteiger partial charge in [0.15, 0.2) is 0 Å². The highest BCUT2D eigenvalue weighted by Crippen LogP contribution is 2.25. The quantitative estimate of drug-likeness (QED) is 0.815. The number of benzene rings is 1. The van der Waals surface area contributed by atoms with E-state index in [0.717, 1.165) is 22.6 Å². The van der Waals surface area contributed by atoms with Crippen molar-refractivity contribution in [2.75, 3.05) is 7.11 Å². The Morgan fingerprint density at radius 1 is 1.10 bits per heavy atom. The van der Waals surface area contributed by atoms with E-state index in [1.54, 1.807) is 19.2 Å². The molecule has 0 aliphatic heterocycles. The maximum absolute atomic E-state index is 12.8. The molecule has 2 aromatic rings. The van der Waals surface area contributed by atoms with Crippen LogP contribution in [0.5, 0.6) is 5.75 Å². The molecule has 0 saturated heterocycles. The van der Waals surface area contributed by atoms with Crippen LogP contribution in [0.1, 0.15) is 36.6 Å². The molecule has 1 aromatic heterocycles. The molecule has 0 saturated carbocycles. The highest BCUT2D eigenvalue weighted by Gasteiger charge is 2.08. The third kappa shape index (κ3) is 3.44. The Balaban J connectivity index is 2.23. The fourth-order valence-electron chi connectivity index (χ4n) is 1.92. The standard InChI is InChI=1S/C17H18FNO/c1-12(2)17-16(20-3)10-14(11-19-17)5-4-13-6-8-15(18)9-7-13/h4-12H,1-3H3/b5-4+. The zero-order chi connectivity index (χ0) is 14.5. The van der Waals surface area contributed by atoms with Gasteiger partial charge in [0.2, 0.25) is 0 Å². The van der Waals surface area contributed by atoms with Crippen LogP contribution in [0, 0.1) is 5.82 Å². The minimum atomic E-state index is -0.230. The van der Waals surface area contributed by atoms with Gasteiger partial charge in [0.05, 0.1) is 12.8 Å². The van der Waals surface area contributed by atoms with Gasteiger partial charge in [-0.25, -0.2) is 4.39 Å². The van der Waals surface area contributed by atoms with Crippen molar-refractivity contribution in [3.8, 4) is 5.75 Å². The van der Waals surface area contributed by atoms with E-state index in [2.05, 4.69) is 18.8 Å². The van der Waals surface area contributed by atoms with Gasteiger partial charge in [-0.3, -0.25) is 4.98 Å². The van der Waals surface area contributed by atoms with Crippen LogP contribution in [-0.2, 0) is 0 Å².